The summed E-state index contributed by atoms with van der Waals surface area (Å²) in [6, 6.07) is 4.55. The number of aromatic hydroxyl groups is 1. The minimum Gasteiger partial charge on any atom is -0.508 e. The molecule has 1 aromatic carbocycles. The standard InChI is InChI=1S/C17H22FNO2/c1-10(13-9-11(18)3-4-14(13)20)19-15-12-5-8-21-16(12)17(15)6-2-7-17/h3-4,9-10,12,15-16,19-20H,2,5-8H2,1H3/t10-,12-,15+,16-/m0/s1. The minimum atomic E-state index is -0.300. The summed E-state index contributed by atoms with van der Waals surface area (Å²) in [5.74, 6) is 0.451. The van der Waals surface area contributed by atoms with Gasteiger partial charge in [-0.25, -0.2) is 4.39 Å². The Morgan fingerprint density at radius 2 is 2.24 bits per heavy atom. The van der Waals surface area contributed by atoms with E-state index < -0.39 is 0 Å². The van der Waals surface area contributed by atoms with Crippen LogP contribution < -0.4 is 5.32 Å². The van der Waals surface area contributed by atoms with E-state index in [0.29, 0.717) is 29.0 Å². The molecular weight excluding hydrogens is 269 g/mol. The van der Waals surface area contributed by atoms with Crippen molar-refractivity contribution in [1.82, 2.24) is 5.32 Å². The number of fused-ring (bicyclic) bond motifs is 2. The Labute approximate surface area is 124 Å². The molecule has 2 N–H and O–H groups in total. The predicted molar refractivity (Wildman–Crippen MR) is 77.5 cm³/mol. The van der Waals surface area contributed by atoms with Crippen LogP contribution in [0.3, 0.4) is 0 Å². The maximum Gasteiger partial charge on any atom is 0.123 e. The van der Waals surface area contributed by atoms with Crippen molar-refractivity contribution >= 4 is 0 Å². The van der Waals surface area contributed by atoms with Gasteiger partial charge in [0.15, 0.2) is 0 Å². The molecule has 0 unspecified atom stereocenters. The first-order valence-corrected chi connectivity index (χ1v) is 7.98. The Kier molecular flexibility index (Phi) is 3.02. The minimum absolute atomic E-state index is 0.0512. The number of hydrogen-bond acceptors (Lipinski definition) is 3. The highest BCUT2D eigenvalue weighted by molar-refractivity contribution is 5.35. The van der Waals surface area contributed by atoms with Crippen molar-refractivity contribution < 1.29 is 14.2 Å². The van der Waals surface area contributed by atoms with Gasteiger partial charge in [-0.3, -0.25) is 0 Å². The van der Waals surface area contributed by atoms with Crippen LogP contribution in [0.1, 0.15) is 44.2 Å². The zero-order valence-corrected chi connectivity index (χ0v) is 12.3. The van der Waals surface area contributed by atoms with E-state index in [9.17, 15) is 9.50 Å². The number of ether oxygens (including phenoxy) is 1. The van der Waals surface area contributed by atoms with Gasteiger partial charge >= 0.3 is 0 Å². The van der Waals surface area contributed by atoms with Gasteiger partial charge in [0.1, 0.15) is 11.6 Å². The van der Waals surface area contributed by atoms with E-state index in [4.69, 9.17) is 4.74 Å². The SMILES string of the molecule is C[C@H](N[C@@H]1[C@@H]2CCO[C@@H]2C12CCC2)c1cc(F)ccc1O. The first kappa shape index (κ1) is 13.5. The smallest absolute Gasteiger partial charge is 0.123 e. The van der Waals surface area contributed by atoms with Crippen LogP contribution in [-0.2, 0) is 4.74 Å². The summed E-state index contributed by atoms with van der Waals surface area (Å²) >= 11 is 0. The molecule has 4 atom stereocenters. The molecule has 114 valence electrons. The van der Waals surface area contributed by atoms with Crippen LogP contribution in [0.15, 0.2) is 18.2 Å². The van der Waals surface area contributed by atoms with E-state index in [-0.39, 0.29) is 17.6 Å². The van der Waals surface area contributed by atoms with Crippen molar-refractivity contribution in [3.63, 3.8) is 0 Å². The molecule has 2 aliphatic carbocycles. The van der Waals surface area contributed by atoms with E-state index in [1.54, 1.807) is 0 Å². The van der Waals surface area contributed by atoms with Crippen molar-refractivity contribution in [2.75, 3.05) is 6.61 Å². The van der Waals surface area contributed by atoms with Gasteiger partial charge in [0.25, 0.3) is 0 Å². The molecule has 1 heterocycles. The highest BCUT2D eigenvalue weighted by Gasteiger charge is 2.66. The van der Waals surface area contributed by atoms with Gasteiger partial charge in [-0.2, -0.15) is 0 Å². The Morgan fingerprint density at radius 1 is 1.43 bits per heavy atom. The van der Waals surface area contributed by atoms with Crippen LogP contribution in [0, 0.1) is 17.2 Å². The molecule has 1 spiro atoms. The second-order valence-corrected chi connectivity index (χ2v) is 6.90. The summed E-state index contributed by atoms with van der Waals surface area (Å²) in [5, 5.41) is 13.6. The number of benzene rings is 1. The van der Waals surface area contributed by atoms with Crippen LogP contribution in [0.2, 0.25) is 0 Å². The zero-order valence-electron chi connectivity index (χ0n) is 12.3. The van der Waals surface area contributed by atoms with Crippen LogP contribution in [0.25, 0.3) is 0 Å². The number of rotatable bonds is 3. The summed E-state index contributed by atoms with van der Waals surface area (Å²) in [7, 11) is 0. The molecule has 3 nitrogen and oxygen atoms in total. The Hall–Kier alpha value is -1.13. The molecule has 21 heavy (non-hydrogen) atoms. The molecule has 1 saturated heterocycles. The first-order valence-electron chi connectivity index (χ1n) is 7.98. The fourth-order valence-corrected chi connectivity index (χ4v) is 4.73. The average molecular weight is 291 g/mol. The quantitative estimate of drug-likeness (QED) is 0.899. The van der Waals surface area contributed by atoms with Crippen LogP contribution in [0.4, 0.5) is 4.39 Å². The highest BCUT2D eigenvalue weighted by Crippen LogP contribution is 2.63. The van der Waals surface area contributed by atoms with Crippen molar-refractivity contribution in [3.8, 4) is 5.75 Å². The van der Waals surface area contributed by atoms with Crippen molar-refractivity contribution in [3.05, 3.63) is 29.6 Å². The summed E-state index contributed by atoms with van der Waals surface area (Å²) in [6.45, 7) is 2.87. The molecule has 1 aliphatic heterocycles. The van der Waals surface area contributed by atoms with E-state index in [1.807, 2.05) is 6.92 Å². The molecule has 4 heteroatoms. The highest BCUT2D eigenvalue weighted by atomic mass is 19.1. The number of nitrogens with one attached hydrogen (secondary N) is 1. The van der Waals surface area contributed by atoms with Gasteiger partial charge < -0.3 is 15.2 Å². The van der Waals surface area contributed by atoms with Crippen LogP contribution in [0.5, 0.6) is 5.75 Å². The lowest BCUT2D eigenvalue weighted by atomic mass is 9.46. The van der Waals surface area contributed by atoms with E-state index in [2.05, 4.69) is 5.32 Å². The normalized spacial score (nSPS) is 34.1. The fourth-order valence-electron chi connectivity index (χ4n) is 4.73. The molecule has 3 fully saturated rings. The molecule has 4 rings (SSSR count). The van der Waals surface area contributed by atoms with Gasteiger partial charge in [0, 0.05) is 35.6 Å². The summed E-state index contributed by atoms with van der Waals surface area (Å²) in [4.78, 5) is 0. The second kappa shape index (κ2) is 4.68. The fraction of sp³-hybridized carbons (Fsp3) is 0.647. The molecule has 0 radical (unpaired) electrons. The van der Waals surface area contributed by atoms with Gasteiger partial charge in [0.05, 0.1) is 6.10 Å². The Balaban J connectivity index is 1.54. The molecule has 3 aliphatic rings. The largest absolute Gasteiger partial charge is 0.508 e. The second-order valence-electron chi connectivity index (χ2n) is 6.90. The molecule has 2 saturated carbocycles. The van der Waals surface area contributed by atoms with E-state index in [1.165, 1.54) is 37.5 Å². The Morgan fingerprint density at radius 3 is 2.95 bits per heavy atom. The molecule has 0 amide bonds. The maximum atomic E-state index is 13.4. The van der Waals surface area contributed by atoms with Crippen LogP contribution >= 0.6 is 0 Å². The lowest BCUT2D eigenvalue weighted by Gasteiger charge is -2.64. The van der Waals surface area contributed by atoms with Crippen LogP contribution in [-0.4, -0.2) is 23.9 Å². The lowest BCUT2D eigenvalue weighted by molar-refractivity contribution is -0.178. The van der Waals surface area contributed by atoms with E-state index >= 15 is 0 Å². The summed E-state index contributed by atoms with van der Waals surface area (Å²) in [5.41, 5.74) is 0.949. The summed E-state index contributed by atoms with van der Waals surface area (Å²) < 4.78 is 19.3. The third-order valence-corrected chi connectivity index (χ3v) is 5.92. The topological polar surface area (TPSA) is 41.5 Å². The molecular formula is C17H22FNO2. The first-order chi connectivity index (χ1) is 10.1. The van der Waals surface area contributed by atoms with Crippen molar-refractivity contribution in [2.24, 2.45) is 11.3 Å². The molecule has 0 bridgehead atoms. The Bertz CT molecular complexity index is 558. The van der Waals surface area contributed by atoms with Gasteiger partial charge in [-0.05, 0) is 44.4 Å². The summed E-state index contributed by atoms with van der Waals surface area (Å²) in [6.07, 6.45) is 5.29. The zero-order chi connectivity index (χ0) is 14.6. The van der Waals surface area contributed by atoms with Gasteiger partial charge in [0.2, 0.25) is 0 Å². The monoisotopic (exact) mass is 291 g/mol. The third-order valence-electron chi connectivity index (χ3n) is 5.92. The average Bonchev–Trinajstić information content (AvgIpc) is 2.82. The van der Waals surface area contributed by atoms with Crippen molar-refractivity contribution in [2.45, 2.75) is 50.8 Å². The number of phenols is 1. The predicted octanol–water partition coefficient (Wildman–Crippen LogP) is 3.14. The number of hydrogen-bond donors (Lipinski definition) is 2. The van der Waals surface area contributed by atoms with Crippen molar-refractivity contribution in [1.29, 1.82) is 0 Å². The van der Waals surface area contributed by atoms with Gasteiger partial charge in [-0.1, -0.05) is 6.42 Å². The molecule has 1 aromatic rings. The molecule has 0 aromatic heterocycles. The lowest BCUT2D eigenvalue weighted by Crippen LogP contribution is -2.71. The maximum absolute atomic E-state index is 13.4. The van der Waals surface area contributed by atoms with E-state index in [0.717, 1.165) is 13.0 Å². The van der Waals surface area contributed by atoms with Gasteiger partial charge in [-0.15, -0.1) is 0 Å². The third kappa shape index (κ3) is 1.85. The number of phenolic OH excluding ortho intramolecular Hbond substituents is 1. The number of halogens is 1.